The van der Waals surface area contributed by atoms with Crippen LogP contribution >= 0.6 is 0 Å². The van der Waals surface area contributed by atoms with E-state index in [9.17, 15) is 5.11 Å². The van der Waals surface area contributed by atoms with Crippen LogP contribution < -0.4 is 11.1 Å². The minimum Gasteiger partial charge on any atom is -0.396 e. The van der Waals surface area contributed by atoms with E-state index in [1.54, 1.807) is 18.3 Å². The van der Waals surface area contributed by atoms with Gasteiger partial charge >= 0.3 is 0 Å². The first kappa shape index (κ1) is 13.4. The van der Waals surface area contributed by atoms with E-state index in [1.165, 1.54) is 11.1 Å². The van der Waals surface area contributed by atoms with Gasteiger partial charge in [-0.1, -0.05) is 29.8 Å². The molecule has 4 N–H and O–H groups in total. The van der Waals surface area contributed by atoms with Gasteiger partial charge in [-0.15, -0.1) is 0 Å². The smallest absolute Gasteiger partial charge is 0.149 e. The lowest BCUT2D eigenvalue weighted by atomic mass is 10.0. The van der Waals surface area contributed by atoms with Crippen LogP contribution in [0.15, 0.2) is 42.6 Å². The van der Waals surface area contributed by atoms with Crippen LogP contribution in [0.3, 0.4) is 0 Å². The number of hydrogen-bond acceptors (Lipinski definition) is 4. The predicted molar refractivity (Wildman–Crippen MR) is 78.0 cm³/mol. The fourth-order valence-corrected chi connectivity index (χ4v) is 1.90. The molecule has 0 fully saturated rings. The zero-order chi connectivity index (χ0) is 13.7. The number of aliphatic hydroxyl groups is 1. The maximum Gasteiger partial charge on any atom is 0.149 e. The average Bonchev–Trinajstić information content (AvgIpc) is 2.43. The van der Waals surface area contributed by atoms with Crippen molar-refractivity contribution in [3.8, 4) is 0 Å². The second-order valence-corrected chi connectivity index (χ2v) is 4.65. The SMILES string of the molecule is Cc1ccc(C[C@@H](CO)Nc2ncccc2N)cc1. The van der Waals surface area contributed by atoms with Crippen molar-refractivity contribution in [2.75, 3.05) is 17.7 Å². The number of aliphatic hydroxyl groups excluding tert-OH is 1. The van der Waals surface area contributed by atoms with Gasteiger partial charge in [0.05, 0.1) is 18.3 Å². The summed E-state index contributed by atoms with van der Waals surface area (Å²) >= 11 is 0. The number of nitrogens with two attached hydrogens (primary N) is 1. The molecule has 4 nitrogen and oxygen atoms in total. The molecular formula is C15H19N3O. The van der Waals surface area contributed by atoms with Crippen LogP contribution in [0.5, 0.6) is 0 Å². The number of rotatable bonds is 5. The van der Waals surface area contributed by atoms with Gasteiger partial charge in [0.15, 0.2) is 0 Å². The molecule has 1 heterocycles. The molecule has 2 rings (SSSR count). The van der Waals surface area contributed by atoms with Gasteiger partial charge in [-0.25, -0.2) is 4.98 Å². The standard InChI is InChI=1S/C15H19N3O/c1-11-4-6-12(7-5-11)9-13(10-19)18-15-14(16)3-2-8-17-15/h2-8,13,19H,9-10,16H2,1H3,(H,17,18)/t13-/m0/s1. The van der Waals surface area contributed by atoms with Crippen LogP contribution in [0, 0.1) is 6.92 Å². The molecule has 1 aromatic carbocycles. The number of benzene rings is 1. The first-order chi connectivity index (χ1) is 9.19. The zero-order valence-electron chi connectivity index (χ0n) is 11.0. The van der Waals surface area contributed by atoms with Crippen molar-refractivity contribution >= 4 is 11.5 Å². The van der Waals surface area contributed by atoms with E-state index in [2.05, 4.69) is 41.5 Å². The van der Waals surface area contributed by atoms with Crippen LogP contribution in [0.2, 0.25) is 0 Å². The van der Waals surface area contributed by atoms with Crippen molar-refractivity contribution in [2.45, 2.75) is 19.4 Å². The lowest BCUT2D eigenvalue weighted by Crippen LogP contribution is -2.27. The van der Waals surface area contributed by atoms with E-state index >= 15 is 0 Å². The normalized spacial score (nSPS) is 12.1. The number of hydrogen-bond donors (Lipinski definition) is 3. The molecule has 0 amide bonds. The fourth-order valence-electron chi connectivity index (χ4n) is 1.90. The Bertz CT molecular complexity index is 525. The molecule has 0 aliphatic rings. The Hall–Kier alpha value is -2.07. The topological polar surface area (TPSA) is 71.2 Å². The van der Waals surface area contributed by atoms with Crippen LogP contribution in [0.4, 0.5) is 11.5 Å². The first-order valence-electron chi connectivity index (χ1n) is 6.32. The number of nitrogens with one attached hydrogen (secondary N) is 1. The Kier molecular flexibility index (Phi) is 4.36. The molecular weight excluding hydrogens is 238 g/mol. The summed E-state index contributed by atoms with van der Waals surface area (Å²) < 4.78 is 0. The third kappa shape index (κ3) is 3.69. The van der Waals surface area contributed by atoms with Crippen molar-refractivity contribution in [1.29, 1.82) is 0 Å². The van der Waals surface area contributed by atoms with Crippen molar-refractivity contribution in [3.05, 3.63) is 53.7 Å². The van der Waals surface area contributed by atoms with Crippen molar-refractivity contribution < 1.29 is 5.11 Å². The molecule has 0 radical (unpaired) electrons. The molecule has 0 saturated carbocycles. The maximum atomic E-state index is 9.46. The largest absolute Gasteiger partial charge is 0.396 e. The second kappa shape index (κ2) is 6.20. The van der Waals surface area contributed by atoms with Crippen molar-refractivity contribution in [2.24, 2.45) is 0 Å². The van der Waals surface area contributed by atoms with Gasteiger partial charge in [0.25, 0.3) is 0 Å². The van der Waals surface area contributed by atoms with Gasteiger partial charge in [0.2, 0.25) is 0 Å². The Morgan fingerprint density at radius 2 is 2.00 bits per heavy atom. The second-order valence-electron chi connectivity index (χ2n) is 4.65. The number of aromatic nitrogens is 1. The number of pyridine rings is 1. The molecule has 1 aromatic heterocycles. The van der Waals surface area contributed by atoms with Gasteiger partial charge in [0, 0.05) is 6.20 Å². The minimum atomic E-state index is -0.0973. The molecule has 0 unspecified atom stereocenters. The summed E-state index contributed by atoms with van der Waals surface area (Å²) in [4.78, 5) is 4.17. The van der Waals surface area contributed by atoms with Crippen LogP contribution in [-0.4, -0.2) is 22.7 Å². The van der Waals surface area contributed by atoms with E-state index in [1.807, 2.05) is 0 Å². The van der Waals surface area contributed by atoms with Gasteiger partial charge in [0.1, 0.15) is 5.82 Å². The summed E-state index contributed by atoms with van der Waals surface area (Å²) in [6, 6.07) is 11.8. The Morgan fingerprint density at radius 3 is 2.63 bits per heavy atom. The Morgan fingerprint density at radius 1 is 1.26 bits per heavy atom. The van der Waals surface area contributed by atoms with E-state index in [-0.39, 0.29) is 12.6 Å². The highest BCUT2D eigenvalue weighted by Crippen LogP contribution is 2.16. The molecule has 100 valence electrons. The van der Waals surface area contributed by atoms with Gasteiger partial charge in [-0.2, -0.15) is 0 Å². The summed E-state index contributed by atoms with van der Waals surface area (Å²) in [5.41, 5.74) is 8.82. The first-order valence-corrected chi connectivity index (χ1v) is 6.32. The van der Waals surface area contributed by atoms with Crippen LogP contribution in [0.25, 0.3) is 0 Å². The molecule has 0 spiro atoms. The van der Waals surface area contributed by atoms with Crippen LogP contribution in [0.1, 0.15) is 11.1 Å². The summed E-state index contributed by atoms with van der Waals surface area (Å²) in [6.45, 7) is 2.09. The maximum absolute atomic E-state index is 9.46. The molecule has 0 aliphatic heterocycles. The summed E-state index contributed by atoms with van der Waals surface area (Å²) in [5.74, 6) is 0.619. The minimum absolute atomic E-state index is 0.0316. The predicted octanol–water partition coefficient (Wildman–Crippen LogP) is 1.99. The summed E-state index contributed by atoms with van der Waals surface area (Å²) in [5, 5.41) is 12.6. The highest BCUT2D eigenvalue weighted by molar-refractivity contribution is 5.60. The van der Waals surface area contributed by atoms with E-state index in [0.29, 0.717) is 11.5 Å². The Balaban J connectivity index is 2.05. The van der Waals surface area contributed by atoms with Gasteiger partial charge in [-0.05, 0) is 31.0 Å². The third-order valence-corrected chi connectivity index (χ3v) is 3.00. The summed E-state index contributed by atoms with van der Waals surface area (Å²) in [7, 11) is 0. The number of nitrogen functional groups attached to an aromatic ring is 1. The third-order valence-electron chi connectivity index (χ3n) is 3.00. The van der Waals surface area contributed by atoms with Crippen molar-refractivity contribution in [3.63, 3.8) is 0 Å². The van der Waals surface area contributed by atoms with E-state index in [4.69, 9.17) is 5.73 Å². The molecule has 0 bridgehead atoms. The molecule has 0 aliphatic carbocycles. The quantitative estimate of drug-likeness (QED) is 0.766. The number of aryl methyl sites for hydroxylation is 1. The molecule has 2 aromatic rings. The highest BCUT2D eigenvalue weighted by atomic mass is 16.3. The summed E-state index contributed by atoms with van der Waals surface area (Å²) in [6.07, 6.45) is 2.41. The monoisotopic (exact) mass is 257 g/mol. The molecule has 19 heavy (non-hydrogen) atoms. The lowest BCUT2D eigenvalue weighted by Gasteiger charge is -2.18. The molecule has 0 saturated heterocycles. The molecule has 4 heteroatoms. The van der Waals surface area contributed by atoms with Crippen LogP contribution in [-0.2, 0) is 6.42 Å². The average molecular weight is 257 g/mol. The number of anilines is 2. The van der Waals surface area contributed by atoms with E-state index in [0.717, 1.165) is 6.42 Å². The highest BCUT2D eigenvalue weighted by Gasteiger charge is 2.10. The fraction of sp³-hybridized carbons (Fsp3) is 0.267. The zero-order valence-corrected chi connectivity index (χ0v) is 11.0. The van der Waals surface area contributed by atoms with E-state index < -0.39 is 0 Å². The van der Waals surface area contributed by atoms with Crippen molar-refractivity contribution in [1.82, 2.24) is 4.98 Å². The van der Waals surface area contributed by atoms with Gasteiger partial charge in [-0.3, -0.25) is 0 Å². The number of nitrogens with zero attached hydrogens (tertiary/aromatic N) is 1. The molecule has 1 atom stereocenters. The van der Waals surface area contributed by atoms with Gasteiger partial charge < -0.3 is 16.2 Å². The Labute approximate surface area is 113 Å². The lowest BCUT2D eigenvalue weighted by molar-refractivity contribution is 0.273.